The summed E-state index contributed by atoms with van der Waals surface area (Å²) in [5, 5.41) is 12.5. The molecule has 0 amide bonds. The number of pyridine rings is 1. The SMILES string of the molecule is CC[C@H]1CN2CC[C@@H]1C[C@@H]2[C@@H](O)c1cc(-c2ccc(F)cc2)nc2ccc(OC)cc12.Cl. The Bertz CT molecular complexity index is 1090. The minimum Gasteiger partial charge on any atom is -0.497 e. The second-order valence-electron chi connectivity index (χ2n) is 8.95. The molecule has 3 aliphatic heterocycles. The number of nitrogens with zero attached hydrogens (tertiary/aromatic N) is 2. The Morgan fingerprint density at radius 3 is 2.62 bits per heavy atom. The first kappa shape index (κ1) is 23.0. The first-order chi connectivity index (χ1) is 15.1. The van der Waals surface area contributed by atoms with Gasteiger partial charge in [-0.15, -0.1) is 12.4 Å². The number of hydrogen-bond acceptors (Lipinski definition) is 4. The predicted octanol–water partition coefficient (Wildman–Crippen LogP) is 5.63. The molecule has 6 heteroatoms. The molecule has 1 aromatic heterocycles. The van der Waals surface area contributed by atoms with Crippen LogP contribution < -0.4 is 4.74 Å². The molecule has 6 rings (SSSR count). The van der Waals surface area contributed by atoms with Crippen molar-refractivity contribution >= 4 is 23.3 Å². The van der Waals surface area contributed by atoms with Crippen LogP contribution in [0.25, 0.3) is 22.2 Å². The van der Waals surface area contributed by atoms with Gasteiger partial charge in [0.25, 0.3) is 0 Å². The third kappa shape index (κ3) is 4.09. The molecular formula is C26H30ClFN2O2. The second-order valence-corrected chi connectivity index (χ2v) is 8.95. The number of benzene rings is 2. The van der Waals surface area contributed by atoms with Crippen molar-refractivity contribution in [1.82, 2.24) is 9.88 Å². The van der Waals surface area contributed by atoms with Gasteiger partial charge >= 0.3 is 0 Å². The smallest absolute Gasteiger partial charge is 0.123 e. The second kappa shape index (κ2) is 9.34. The lowest BCUT2D eigenvalue weighted by Gasteiger charge is -2.51. The van der Waals surface area contributed by atoms with Crippen LogP contribution >= 0.6 is 12.4 Å². The highest BCUT2D eigenvalue weighted by molar-refractivity contribution is 5.87. The van der Waals surface area contributed by atoms with E-state index >= 15 is 0 Å². The average molecular weight is 457 g/mol. The van der Waals surface area contributed by atoms with Crippen molar-refractivity contribution in [2.45, 2.75) is 38.3 Å². The highest BCUT2D eigenvalue weighted by atomic mass is 35.5. The summed E-state index contributed by atoms with van der Waals surface area (Å²) < 4.78 is 18.9. The van der Waals surface area contributed by atoms with Gasteiger partial charge in [-0.05, 0) is 85.3 Å². The number of halogens is 2. The van der Waals surface area contributed by atoms with Crippen LogP contribution in [0.4, 0.5) is 4.39 Å². The van der Waals surface area contributed by atoms with Gasteiger partial charge in [0.15, 0.2) is 0 Å². The molecule has 3 aromatic rings. The number of aromatic nitrogens is 1. The van der Waals surface area contributed by atoms with Crippen LogP contribution in [-0.4, -0.2) is 41.2 Å². The van der Waals surface area contributed by atoms with E-state index < -0.39 is 6.10 Å². The summed E-state index contributed by atoms with van der Waals surface area (Å²) >= 11 is 0. The fraction of sp³-hybridized carbons (Fsp3) is 0.423. The van der Waals surface area contributed by atoms with Crippen LogP contribution in [0.3, 0.4) is 0 Å². The third-order valence-corrected chi connectivity index (χ3v) is 7.33. The summed E-state index contributed by atoms with van der Waals surface area (Å²) in [6.07, 6.45) is 2.85. The number of rotatable bonds is 5. The van der Waals surface area contributed by atoms with E-state index in [9.17, 15) is 9.50 Å². The summed E-state index contributed by atoms with van der Waals surface area (Å²) in [5.74, 6) is 1.90. The Morgan fingerprint density at radius 2 is 1.97 bits per heavy atom. The van der Waals surface area contributed by atoms with Crippen LogP contribution in [0.2, 0.25) is 0 Å². The van der Waals surface area contributed by atoms with E-state index in [4.69, 9.17) is 9.72 Å². The van der Waals surface area contributed by atoms with Gasteiger partial charge in [0.1, 0.15) is 11.6 Å². The molecule has 5 atom stereocenters. The Kier molecular flexibility index (Phi) is 6.70. The fourth-order valence-electron chi connectivity index (χ4n) is 5.55. The van der Waals surface area contributed by atoms with Crippen molar-refractivity contribution in [3.63, 3.8) is 0 Å². The molecule has 3 fully saturated rings. The molecule has 0 saturated carbocycles. The molecule has 1 N–H and O–H groups in total. The molecule has 0 aliphatic carbocycles. The minimum atomic E-state index is -0.614. The molecule has 4 nitrogen and oxygen atoms in total. The van der Waals surface area contributed by atoms with E-state index in [1.54, 1.807) is 19.2 Å². The lowest BCUT2D eigenvalue weighted by Crippen LogP contribution is -2.55. The molecule has 2 aromatic carbocycles. The lowest BCUT2D eigenvalue weighted by atomic mass is 9.72. The maximum Gasteiger partial charge on any atom is 0.123 e. The predicted molar refractivity (Wildman–Crippen MR) is 128 cm³/mol. The lowest BCUT2D eigenvalue weighted by molar-refractivity contribution is -0.0562. The van der Waals surface area contributed by atoms with E-state index in [-0.39, 0.29) is 24.3 Å². The number of methoxy groups -OCH3 is 1. The van der Waals surface area contributed by atoms with Crippen molar-refractivity contribution in [1.29, 1.82) is 0 Å². The first-order valence-electron chi connectivity index (χ1n) is 11.2. The van der Waals surface area contributed by atoms with Gasteiger partial charge < -0.3 is 9.84 Å². The Morgan fingerprint density at radius 1 is 1.19 bits per heavy atom. The normalized spacial score (nSPS) is 25.4. The Labute approximate surface area is 194 Å². The topological polar surface area (TPSA) is 45.6 Å². The number of fused-ring (bicyclic) bond motifs is 4. The van der Waals surface area contributed by atoms with Crippen molar-refractivity contribution in [2.75, 3.05) is 20.2 Å². The van der Waals surface area contributed by atoms with Gasteiger partial charge in [-0.1, -0.05) is 13.3 Å². The molecule has 1 unspecified atom stereocenters. The largest absolute Gasteiger partial charge is 0.497 e. The van der Waals surface area contributed by atoms with Crippen molar-refractivity contribution in [2.24, 2.45) is 11.8 Å². The Hall–Kier alpha value is -2.21. The number of aliphatic hydroxyl groups excluding tert-OH is 1. The number of aliphatic hydroxyl groups is 1. The van der Waals surface area contributed by atoms with Crippen LogP contribution in [0, 0.1) is 17.7 Å². The Balaban J connectivity index is 0.00000245. The van der Waals surface area contributed by atoms with Crippen LogP contribution in [0.15, 0.2) is 48.5 Å². The number of ether oxygens (including phenoxy) is 1. The summed E-state index contributed by atoms with van der Waals surface area (Å²) in [6.45, 7) is 4.40. The zero-order valence-corrected chi connectivity index (χ0v) is 19.3. The van der Waals surface area contributed by atoms with Crippen molar-refractivity contribution in [3.05, 3.63) is 59.9 Å². The molecule has 2 bridgehead atoms. The maximum absolute atomic E-state index is 13.5. The standard InChI is InChI=1S/C26H29FN2O2.ClH/c1-3-16-15-29-11-10-18(16)12-25(29)26(30)22-14-24(17-4-6-19(27)7-5-17)28-23-9-8-20(31-2)13-21(22)23;/h4-9,13-14,16,18,25-26,30H,3,10-12,15H2,1-2H3;1H/t16-,18+,25+,26-;/m0./s1. The van der Waals surface area contributed by atoms with E-state index in [0.29, 0.717) is 5.92 Å². The molecule has 0 spiro atoms. The fourth-order valence-corrected chi connectivity index (χ4v) is 5.55. The number of hydrogen-bond donors (Lipinski definition) is 1. The van der Waals surface area contributed by atoms with Gasteiger partial charge in [-0.3, -0.25) is 4.90 Å². The maximum atomic E-state index is 13.5. The van der Waals surface area contributed by atoms with Crippen molar-refractivity contribution < 1.29 is 14.2 Å². The summed E-state index contributed by atoms with van der Waals surface area (Å²) in [7, 11) is 1.65. The van der Waals surface area contributed by atoms with E-state index in [2.05, 4.69) is 11.8 Å². The summed E-state index contributed by atoms with van der Waals surface area (Å²) in [5.41, 5.74) is 3.26. The zero-order valence-electron chi connectivity index (χ0n) is 18.5. The van der Waals surface area contributed by atoms with E-state index in [0.717, 1.165) is 58.9 Å². The van der Waals surface area contributed by atoms with Crippen LogP contribution in [0.1, 0.15) is 37.9 Å². The summed E-state index contributed by atoms with van der Waals surface area (Å²) in [4.78, 5) is 7.28. The highest BCUT2D eigenvalue weighted by Gasteiger charge is 2.42. The molecule has 3 aliphatic rings. The van der Waals surface area contributed by atoms with Gasteiger partial charge in [0.2, 0.25) is 0 Å². The monoisotopic (exact) mass is 456 g/mol. The molecule has 4 heterocycles. The highest BCUT2D eigenvalue weighted by Crippen LogP contribution is 2.43. The zero-order chi connectivity index (χ0) is 21.5. The van der Waals surface area contributed by atoms with Gasteiger partial charge in [-0.25, -0.2) is 9.37 Å². The third-order valence-electron chi connectivity index (χ3n) is 7.33. The van der Waals surface area contributed by atoms with Gasteiger partial charge in [0.05, 0.1) is 24.4 Å². The van der Waals surface area contributed by atoms with Crippen molar-refractivity contribution in [3.8, 4) is 17.0 Å². The van der Waals surface area contributed by atoms with E-state index in [1.807, 2.05) is 24.3 Å². The molecule has 3 saturated heterocycles. The quantitative estimate of drug-likeness (QED) is 0.540. The number of piperidine rings is 3. The van der Waals surface area contributed by atoms with Crippen LogP contribution in [0.5, 0.6) is 5.75 Å². The van der Waals surface area contributed by atoms with E-state index in [1.165, 1.54) is 25.0 Å². The molecule has 32 heavy (non-hydrogen) atoms. The molecular weight excluding hydrogens is 427 g/mol. The van der Waals surface area contributed by atoms with Crippen LogP contribution in [-0.2, 0) is 0 Å². The first-order valence-corrected chi connectivity index (χ1v) is 11.2. The molecule has 170 valence electrons. The minimum absolute atomic E-state index is 0. The average Bonchev–Trinajstić information content (AvgIpc) is 2.83. The molecule has 0 radical (unpaired) electrons. The summed E-state index contributed by atoms with van der Waals surface area (Å²) in [6, 6.07) is 14.2. The van der Waals surface area contributed by atoms with Gasteiger partial charge in [-0.2, -0.15) is 0 Å². The van der Waals surface area contributed by atoms with Gasteiger partial charge in [0, 0.05) is 23.5 Å².